The molecule has 3 aromatic heterocycles. The van der Waals surface area contributed by atoms with Crippen LogP contribution in [0.2, 0.25) is 0 Å². The average molecular weight is 417 g/mol. The lowest BCUT2D eigenvalue weighted by Gasteiger charge is -2.21. The molecule has 0 atom stereocenters. The number of amides is 1. The minimum Gasteiger partial charge on any atom is -0.312 e. The van der Waals surface area contributed by atoms with Crippen LogP contribution in [-0.4, -0.2) is 32.8 Å². The maximum absolute atomic E-state index is 12.8. The van der Waals surface area contributed by atoms with Crippen molar-refractivity contribution in [3.05, 3.63) is 70.7 Å². The maximum Gasteiger partial charge on any atom is 0.230 e. The third-order valence-electron chi connectivity index (χ3n) is 5.35. The molecule has 4 aromatic rings. The minimum absolute atomic E-state index is 0.0782. The lowest BCUT2D eigenvalue weighted by atomic mass is 10.1. The summed E-state index contributed by atoms with van der Waals surface area (Å²) in [5.41, 5.74) is 3.62. The van der Waals surface area contributed by atoms with Crippen LogP contribution < -0.4 is 4.90 Å². The molecule has 6 nitrogen and oxygen atoms in total. The Bertz CT molecular complexity index is 1240. The van der Waals surface area contributed by atoms with E-state index in [2.05, 4.69) is 10.1 Å². The highest BCUT2D eigenvalue weighted by Gasteiger charge is 2.33. The molecule has 150 valence electrons. The lowest BCUT2D eigenvalue weighted by molar-refractivity contribution is -0.119. The Labute approximate surface area is 177 Å². The number of carbonyl (C=O) groups excluding carboxylic acids is 2. The lowest BCUT2D eigenvalue weighted by Crippen LogP contribution is -2.31. The molecular weight excluding hydrogens is 396 g/mol. The Morgan fingerprint density at radius 3 is 2.80 bits per heavy atom. The van der Waals surface area contributed by atoms with E-state index in [0.29, 0.717) is 22.6 Å². The summed E-state index contributed by atoms with van der Waals surface area (Å²) in [6.45, 7) is 2.62. The maximum atomic E-state index is 12.8. The van der Waals surface area contributed by atoms with E-state index in [1.807, 2.05) is 53.6 Å². The Balaban J connectivity index is 1.55. The van der Waals surface area contributed by atoms with Crippen LogP contribution >= 0.6 is 11.3 Å². The standard InChI is InChI=1S/C23H20N4O2S/c1-2-26(23(29)15-8-9-15)17-6-3-5-16(13-17)19-10-11-24-22-18(14-25-27(19)22)21(28)20-7-4-12-30-20/h3-7,10-15H,2,8-9H2,1H3. The van der Waals surface area contributed by atoms with Gasteiger partial charge in [0.05, 0.1) is 22.3 Å². The first-order valence-electron chi connectivity index (χ1n) is 10.00. The van der Waals surface area contributed by atoms with Gasteiger partial charge in [-0.05, 0) is 49.4 Å². The number of ketones is 1. The molecule has 0 unspecified atom stereocenters. The van der Waals surface area contributed by atoms with E-state index in [1.165, 1.54) is 11.3 Å². The largest absolute Gasteiger partial charge is 0.312 e. The van der Waals surface area contributed by atoms with Gasteiger partial charge in [-0.1, -0.05) is 18.2 Å². The average Bonchev–Trinajstić information content (AvgIpc) is 3.30. The van der Waals surface area contributed by atoms with Crippen molar-refractivity contribution in [2.45, 2.75) is 19.8 Å². The molecule has 0 radical (unpaired) electrons. The third-order valence-corrected chi connectivity index (χ3v) is 6.22. The second kappa shape index (κ2) is 7.50. The van der Waals surface area contributed by atoms with Crippen molar-refractivity contribution < 1.29 is 9.59 Å². The van der Waals surface area contributed by atoms with Crippen molar-refractivity contribution in [1.82, 2.24) is 14.6 Å². The van der Waals surface area contributed by atoms with Crippen molar-refractivity contribution in [3.8, 4) is 11.3 Å². The Morgan fingerprint density at radius 1 is 1.20 bits per heavy atom. The number of hydrogen-bond donors (Lipinski definition) is 0. The molecule has 0 N–H and O–H groups in total. The van der Waals surface area contributed by atoms with E-state index in [-0.39, 0.29) is 17.6 Å². The predicted octanol–water partition coefficient (Wildman–Crippen LogP) is 4.45. The summed E-state index contributed by atoms with van der Waals surface area (Å²) in [5, 5.41) is 6.33. The predicted molar refractivity (Wildman–Crippen MR) is 117 cm³/mol. The van der Waals surface area contributed by atoms with Crippen molar-refractivity contribution in [3.63, 3.8) is 0 Å². The van der Waals surface area contributed by atoms with Gasteiger partial charge < -0.3 is 4.90 Å². The zero-order valence-electron chi connectivity index (χ0n) is 16.5. The summed E-state index contributed by atoms with van der Waals surface area (Å²) in [6, 6.07) is 13.4. The molecule has 0 saturated heterocycles. The monoisotopic (exact) mass is 416 g/mol. The zero-order chi connectivity index (χ0) is 20.7. The Hall–Kier alpha value is -3.32. The number of thiophene rings is 1. The van der Waals surface area contributed by atoms with Gasteiger partial charge in [-0.2, -0.15) is 5.10 Å². The number of rotatable bonds is 6. The molecule has 0 bridgehead atoms. The van der Waals surface area contributed by atoms with Crippen molar-refractivity contribution >= 4 is 34.4 Å². The molecule has 1 amide bonds. The summed E-state index contributed by atoms with van der Waals surface area (Å²) in [7, 11) is 0. The van der Waals surface area contributed by atoms with E-state index in [1.54, 1.807) is 23.0 Å². The number of carbonyl (C=O) groups is 2. The quantitative estimate of drug-likeness (QED) is 0.436. The van der Waals surface area contributed by atoms with E-state index >= 15 is 0 Å². The van der Waals surface area contributed by atoms with E-state index in [0.717, 1.165) is 29.8 Å². The number of fused-ring (bicyclic) bond motifs is 1. The summed E-state index contributed by atoms with van der Waals surface area (Å²) < 4.78 is 1.69. The fourth-order valence-electron chi connectivity index (χ4n) is 3.66. The van der Waals surface area contributed by atoms with Gasteiger partial charge in [-0.3, -0.25) is 9.59 Å². The molecule has 0 spiro atoms. The minimum atomic E-state index is -0.0782. The molecule has 1 fully saturated rings. The van der Waals surface area contributed by atoms with Crippen molar-refractivity contribution in [1.29, 1.82) is 0 Å². The van der Waals surface area contributed by atoms with Gasteiger partial charge in [-0.25, -0.2) is 9.50 Å². The van der Waals surface area contributed by atoms with Gasteiger partial charge in [0.1, 0.15) is 0 Å². The van der Waals surface area contributed by atoms with E-state index in [9.17, 15) is 9.59 Å². The fourth-order valence-corrected chi connectivity index (χ4v) is 4.34. The topological polar surface area (TPSA) is 67.6 Å². The van der Waals surface area contributed by atoms with Gasteiger partial charge >= 0.3 is 0 Å². The summed E-state index contributed by atoms with van der Waals surface area (Å²) >= 11 is 1.40. The normalized spacial score (nSPS) is 13.5. The molecule has 1 saturated carbocycles. The molecule has 3 heterocycles. The first-order chi connectivity index (χ1) is 14.7. The number of benzene rings is 1. The Kier molecular flexibility index (Phi) is 4.67. The van der Waals surface area contributed by atoms with Gasteiger partial charge in [-0.15, -0.1) is 11.3 Å². The van der Waals surface area contributed by atoms with Crippen LogP contribution in [0, 0.1) is 5.92 Å². The van der Waals surface area contributed by atoms with Crippen LogP contribution in [-0.2, 0) is 4.79 Å². The Morgan fingerprint density at radius 2 is 2.07 bits per heavy atom. The first-order valence-corrected chi connectivity index (χ1v) is 10.9. The van der Waals surface area contributed by atoms with E-state index < -0.39 is 0 Å². The van der Waals surface area contributed by atoms with Gasteiger partial charge in [0.2, 0.25) is 11.7 Å². The molecule has 5 rings (SSSR count). The second-order valence-electron chi connectivity index (χ2n) is 7.34. The molecular formula is C23H20N4O2S. The highest BCUT2D eigenvalue weighted by Crippen LogP contribution is 2.34. The van der Waals surface area contributed by atoms with Gasteiger partial charge in [0, 0.05) is 29.9 Å². The van der Waals surface area contributed by atoms with Crippen LogP contribution in [0.25, 0.3) is 16.9 Å². The smallest absolute Gasteiger partial charge is 0.230 e. The summed E-state index contributed by atoms with van der Waals surface area (Å²) in [4.78, 5) is 32.4. The summed E-state index contributed by atoms with van der Waals surface area (Å²) in [5.74, 6) is 0.279. The zero-order valence-corrected chi connectivity index (χ0v) is 17.3. The summed E-state index contributed by atoms with van der Waals surface area (Å²) in [6.07, 6.45) is 5.23. The third kappa shape index (κ3) is 3.21. The SMILES string of the molecule is CCN(C(=O)C1CC1)c1cccc(-c2ccnc3c(C(=O)c4cccs4)cnn23)c1. The van der Waals surface area contributed by atoms with Crippen LogP contribution in [0.3, 0.4) is 0 Å². The molecule has 1 aliphatic carbocycles. The van der Waals surface area contributed by atoms with Gasteiger partial charge in [0.15, 0.2) is 5.65 Å². The van der Waals surface area contributed by atoms with Crippen LogP contribution in [0.5, 0.6) is 0 Å². The van der Waals surface area contributed by atoms with Crippen LogP contribution in [0.4, 0.5) is 5.69 Å². The molecule has 1 aromatic carbocycles. The highest BCUT2D eigenvalue weighted by molar-refractivity contribution is 7.12. The second-order valence-corrected chi connectivity index (χ2v) is 8.28. The number of aromatic nitrogens is 3. The van der Waals surface area contributed by atoms with E-state index in [4.69, 9.17) is 0 Å². The molecule has 1 aliphatic rings. The number of nitrogens with zero attached hydrogens (tertiary/aromatic N) is 4. The number of anilines is 1. The highest BCUT2D eigenvalue weighted by atomic mass is 32.1. The molecule has 0 aliphatic heterocycles. The van der Waals surface area contributed by atoms with Crippen molar-refractivity contribution in [2.24, 2.45) is 5.92 Å². The van der Waals surface area contributed by atoms with Crippen LogP contribution in [0.15, 0.2) is 60.2 Å². The molecule has 30 heavy (non-hydrogen) atoms. The van der Waals surface area contributed by atoms with Gasteiger partial charge in [0.25, 0.3) is 0 Å². The molecule has 7 heteroatoms. The van der Waals surface area contributed by atoms with Crippen LogP contribution in [0.1, 0.15) is 35.0 Å². The first kappa shape index (κ1) is 18.7. The fraction of sp³-hybridized carbons (Fsp3) is 0.217. The van der Waals surface area contributed by atoms with Crippen molar-refractivity contribution in [2.75, 3.05) is 11.4 Å². The number of hydrogen-bond acceptors (Lipinski definition) is 5.